The maximum Gasteiger partial charge on any atom is 0.123 e. The number of phenols is 1. The van der Waals surface area contributed by atoms with Gasteiger partial charge < -0.3 is 10.4 Å². The maximum absolute atomic E-state index is 9.97. The van der Waals surface area contributed by atoms with Crippen molar-refractivity contribution in [3.8, 4) is 5.75 Å². The summed E-state index contributed by atoms with van der Waals surface area (Å²) in [7, 11) is 0. The van der Waals surface area contributed by atoms with E-state index in [1.165, 1.54) is 24.0 Å². The van der Waals surface area contributed by atoms with Crippen molar-refractivity contribution in [1.82, 2.24) is 0 Å². The first-order valence-electron chi connectivity index (χ1n) is 7.27. The molecule has 0 amide bonds. The van der Waals surface area contributed by atoms with Crippen molar-refractivity contribution in [3.63, 3.8) is 0 Å². The van der Waals surface area contributed by atoms with Crippen LogP contribution < -0.4 is 5.32 Å². The molecule has 0 bridgehead atoms. The molecule has 20 heavy (non-hydrogen) atoms. The molecular formula is C18H21NO. The second-order valence-corrected chi connectivity index (χ2v) is 5.78. The first-order chi connectivity index (χ1) is 9.65. The van der Waals surface area contributed by atoms with Gasteiger partial charge in [0.05, 0.1) is 0 Å². The summed E-state index contributed by atoms with van der Waals surface area (Å²) in [5.41, 5.74) is 5.61. The van der Waals surface area contributed by atoms with Crippen LogP contribution in [0.25, 0.3) is 0 Å². The van der Waals surface area contributed by atoms with Gasteiger partial charge in [-0.3, -0.25) is 0 Å². The van der Waals surface area contributed by atoms with Crippen molar-refractivity contribution < 1.29 is 5.11 Å². The van der Waals surface area contributed by atoms with Crippen LogP contribution in [0.3, 0.4) is 0 Å². The largest absolute Gasteiger partial charge is 0.507 e. The van der Waals surface area contributed by atoms with Crippen LogP contribution in [0.1, 0.15) is 41.0 Å². The van der Waals surface area contributed by atoms with Gasteiger partial charge in [-0.25, -0.2) is 0 Å². The summed E-state index contributed by atoms with van der Waals surface area (Å²) in [6.07, 6.45) is 2.67. The van der Waals surface area contributed by atoms with Gasteiger partial charge in [0.25, 0.3) is 0 Å². The van der Waals surface area contributed by atoms with Gasteiger partial charge >= 0.3 is 0 Å². The standard InChI is InChI=1S/C18H21NO/c1-12-6-9-17(13(2)18(12)20)19-11-14-4-3-5-16(10-14)15-7-8-15/h3-6,9-10,15,19-20H,7-8,11H2,1-2H3. The molecule has 1 saturated carbocycles. The van der Waals surface area contributed by atoms with Crippen LogP contribution in [-0.4, -0.2) is 5.11 Å². The van der Waals surface area contributed by atoms with E-state index in [1.807, 2.05) is 26.0 Å². The third-order valence-corrected chi connectivity index (χ3v) is 4.12. The average Bonchev–Trinajstić information content (AvgIpc) is 3.29. The van der Waals surface area contributed by atoms with Crippen LogP contribution in [0.4, 0.5) is 5.69 Å². The first kappa shape index (κ1) is 13.0. The minimum absolute atomic E-state index is 0.390. The summed E-state index contributed by atoms with van der Waals surface area (Å²) in [4.78, 5) is 0. The fourth-order valence-corrected chi connectivity index (χ4v) is 2.60. The third-order valence-electron chi connectivity index (χ3n) is 4.12. The Hall–Kier alpha value is -1.96. The van der Waals surface area contributed by atoms with Crippen LogP contribution in [0, 0.1) is 13.8 Å². The Kier molecular flexibility index (Phi) is 3.39. The topological polar surface area (TPSA) is 32.3 Å². The lowest BCUT2D eigenvalue weighted by Gasteiger charge is -2.13. The zero-order chi connectivity index (χ0) is 14.1. The number of hydrogen-bond acceptors (Lipinski definition) is 2. The number of benzene rings is 2. The number of phenolic OH excluding ortho intramolecular Hbond substituents is 1. The predicted octanol–water partition coefficient (Wildman–Crippen LogP) is 4.50. The lowest BCUT2D eigenvalue weighted by molar-refractivity contribution is 0.467. The lowest BCUT2D eigenvalue weighted by atomic mass is 10.1. The van der Waals surface area contributed by atoms with Crippen molar-refractivity contribution >= 4 is 5.69 Å². The number of rotatable bonds is 4. The molecule has 0 radical (unpaired) electrons. The molecule has 2 aromatic rings. The molecule has 1 aliphatic carbocycles. The Bertz CT molecular complexity index is 629. The maximum atomic E-state index is 9.97. The van der Waals surface area contributed by atoms with E-state index in [0.29, 0.717) is 5.75 Å². The van der Waals surface area contributed by atoms with E-state index in [-0.39, 0.29) is 0 Å². The zero-order valence-corrected chi connectivity index (χ0v) is 12.1. The second-order valence-electron chi connectivity index (χ2n) is 5.78. The third kappa shape index (κ3) is 2.64. The van der Waals surface area contributed by atoms with Gasteiger partial charge in [-0.15, -0.1) is 0 Å². The molecule has 0 aromatic heterocycles. The lowest BCUT2D eigenvalue weighted by Crippen LogP contribution is -2.02. The summed E-state index contributed by atoms with van der Waals surface area (Å²) in [6, 6.07) is 12.8. The van der Waals surface area contributed by atoms with Gasteiger partial charge in [-0.2, -0.15) is 0 Å². The second kappa shape index (κ2) is 5.20. The van der Waals surface area contributed by atoms with Gasteiger partial charge in [-0.05, 0) is 55.4 Å². The van der Waals surface area contributed by atoms with E-state index in [2.05, 4.69) is 29.6 Å². The minimum Gasteiger partial charge on any atom is -0.507 e. The highest BCUT2D eigenvalue weighted by atomic mass is 16.3. The Morgan fingerprint density at radius 1 is 1.15 bits per heavy atom. The summed E-state index contributed by atoms with van der Waals surface area (Å²) >= 11 is 0. The van der Waals surface area contributed by atoms with Gasteiger partial charge in [0.15, 0.2) is 0 Å². The summed E-state index contributed by atoms with van der Waals surface area (Å²) < 4.78 is 0. The van der Waals surface area contributed by atoms with Crippen LogP contribution in [-0.2, 0) is 6.54 Å². The number of anilines is 1. The van der Waals surface area contributed by atoms with Crippen LogP contribution >= 0.6 is 0 Å². The Labute approximate surface area is 120 Å². The number of hydrogen-bond donors (Lipinski definition) is 2. The number of aromatic hydroxyl groups is 1. The van der Waals surface area contributed by atoms with E-state index in [9.17, 15) is 5.11 Å². The average molecular weight is 267 g/mol. The molecule has 0 atom stereocenters. The van der Waals surface area contributed by atoms with E-state index in [1.54, 1.807) is 0 Å². The minimum atomic E-state index is 0.390. The van der Waals surface area contributed by atoms with Crippen LogP contribution in [0.2, 0.25) is 0 Å². The molecular weight excluding hydrogens is 246 g/mol. The van der Waals surface area contributed by atoms with Gasteiger partial charge in [0.1, 0.15) is 5.75 Å². The summed E-state index contributed by atoms with van der Waals surface area (Å²) in [5.74, 6) is 1.18. The highest BCUT2D eigenvalue weighted by Gasteiger charge is 2.23. The normalized spacial score (nSPS) is 14.3. The molecule has 2 nitrogen and oxygen atoms in total. The SMILES string of the molecule is Cc1ccc(NCc2cccc(C3CC3)c2)c(C)c1O. The van der Waals surface area contributed by atoms with Crippen LogP contribution in [0.15, 0.2) is 36.4 Å². The molecule has 0 unspecified atom stereocenters. The van der Waals surface area contributed by atoms with E-state index < -0.39 is 0 Å². The molecule has 2 heteroatoms. The van der Waals surface area contributed by atoms with Gasteiger partial charge in [0.2, 0.25) is 0 Å². The first-order valence-corrected chi connectivity index (χ1v) is 7.27. The smallest absolute Gasteiger partial charge is 0.123 e. The van der Waals surface area contributed by atoms with Crippen molar-refractivity contribution in [2.75, 3.05) is 5.32 Å². The van der Waals surface area contributed by atoms with Crippen molar-refractivity contribution in [2.24, 2.45) is 0 Å². The number of aryl methyl sites for hydroxylation is 1. The Morgan fingerprint density at radius 3 is 2.70 bits per heavy atom. The molecule has 2 N–H and O–H groups in total. The predicted molar refractivity (Wildman–Crippen MR) is 83.3 cm³/mol. The van der Waals surface area contributed by atoms with E-state index in [4.69, 9.17) is 0 Å². The zero-order valence-electron chi connectivity index (χ0n) is 12.1. The van der Waals surface area contributed by atoms with Gasteiger partial charge in [0, 0.05) is 17.8 Å². The summed E-state index contributed by atoms with van der Waals surface area (Å²) in [6.45, 7) is 4.67. The van der Waals surface area contributed by atoms with Crippen molar-refractivity contribution in [2.45, 2.75) is 39.2 Å². The van der Waals surface area contributed by atoms with Crippen molar-refractivity contribution in [3.05, 3.63) is 58.7 Å². The van der Waals surface area contributed by atoms with Gasteiger partial charge in [-0.1, -0.05) is 30.3 Å². The molecule has 2 aromatic carbocycles. The molecule has 0 aliphatic heterocycles. The molecule has 1 aliphatic rings. The molecule has 0 saturated heterocycles. The molecule has 0 heterocycles. The molecule has 3 rings (SSSR count). The fraction of sp³-hybridized carbons (Fsp3) is 0.333. The Balaban J connectivity index is 1.73. The highest BCUT2D eigenvalue weighted by molar-refractivity contribution is 5.59. The monoisotopic (exact) mass is 267 g/mol. The van der Waals surface area contributed by atoms with Crippen LogP contribution in [0.5, 0.6) is 5.75 Å². The van der Waals surface area contributed by atoms with Crippen molar-refractivity contribution in [1.29, 1.82) is 0 Å². The summed E-state index contributed by atoms with van der Waals surface area (Å²) in [5, 5.41) is 13.4. The quantitative estimate of drug-likeness (QED) is 0.855. The number of nitrogens with one attached hydrogen (secondary N) is 1. The molecule has 1 fully saturated rings. The van der Waals surface area contributed by atoms with E-state index >= 15 is 0 Å². The van der Waals surface area contributed by atoms with E-state index in [0.717, 1.165) is 29.3 Å². The molecule has 104 valence electrons. The fourth-order valence-electron chi connectivity index (χ4n) is 2.60. The Morgan fingerprint density at radius 2 is 1.95 bits per heavy atom. The molecule has 0 spiro atoms. The highest BCUT2D eigenvalue weighted by Crippen LogP contribution is 2.40.